The molecule has 4 rings (SSSR count). The molecule has 2 aromatic carbocycles. The van der Waals surface area contributed by atoms with Crippen LogP contribution in [0.1, 0.15) is 32.7 Å². The standard InChI is InChI=1S/C19H15ClN2O3/c20-13-7-8-16-12(10-13)4-3-9-21(16)17(23)11-22-18(24)14-5-1-2-6-15(14)19(22)25/h1-2,5-8,10H,3-4,9,11H2. The van der Waals surface area contributed by atoms with E-state index in [1.54, 1.807) is 35.2 Å². The van der Waals surface area contributed by atoms with Crippen molar-refractivity contribution in [3.8, 4) is 0 Å². The summed E-state index contributed by atoms with van der Waals surface area (Å²) < 4.78 is 0. The summed E-state index contributed by atoms with van der Waals surface area (Å²) in [4.78, 5) is 40.3. The fourth-order valence-electron chi connectivity index (χ4n) is 3.43. The molecule has 2 aromatic rings. The lowest BCUT2D eigenvalue weighted by Gasteiger charge is -2.30. The Hall–Kier alpha value is -2.66. The van der Waals surface area contributed by atoms with E-state index in [1.165, 1.54) is 0 Å². The van der Waals surface area contributed by atoms with Crippen molar-refractivity contribution >= 4 is 35.0 Å². The quantitative estimate of drug-likeness (QED) is 0.779. The van der Waals surface area contributed by atoms with E-state index in [4.69, 9.17) is 11.6 Å². The van der Waals surface area contributed by atoms with E-state index in [9.17, 15) is 14.4 Å². The second-order valence-electron chi connectivity index (χ2n) is 6.16. The molecule has 2 aliphatic heterocycles. The summed E-state index contributed by atoms with van der Waals surface area (Å²) in [6.45, 7) is 0.311. The minimum atomic E-state index is -0.415. The second-order valence-corrected chi connectivity index (χ2v) is 6.60. The average Bonchev–Trinajstić information content (AvgIpc) is 2.86. The van der Waals surface area contributed by atoms with Gasteiger partial charge in [-0.2, -0.15) is 0 Å². The van der Waals surface area contributed by atoms with Gasteiger partial charge in [-0.15, -0.1) is 0 Å². The maximum Gasteiger partial charge on any atom is 0.262 e. The Bertz CT molecular complexity index is 874. The van der Waals surface area contributed by atoms with Gasteiger partial charge in [0.1, 0.15) is 6.54 Å². The molecule has 2 aliphatic rings. The summed E-state index contributed by atoms with van der Waals surface area (Å²) in [6, 6.07) is 12.1. The Morgan fingerprint density at radius 2 is 1.72 bits per heavy atom. The van der Waals surface area contributed by atoms with Gasteiger partial charge in [0.25, 0.3) is 11.8 Å². The second kappa shape index (κ2) is 6.01. The van der Waals surface area contributed by atoms with Gasteiger partial charge in [-0.05, 0) is 48.7 Å². The third-order valence-corrected chi connectivity index (χ3v) is 4.87. The van der Waals surface area contributed by atoms with Gasteiger partial charge in [0.15, 0.2) is 0 Å². The van der Waals surface area contributed by atoms with Gasteiger partial charge in [0.2, 0.25) is 5.91 Å². The molecule has 5 nitrogen and oxygen atoms in total. The highest BCUT2D eigenvalue weighted by molar-refractivity contribution is 6.30. The van der Waals surface area contributed by atoms with Gasteiger partial charge in [0, 0.05) is 17.3 Å². The lowest BCUT2D eigenvalue weighted by molar-refractivity contribution is -0.119. The first-order valence-electron chi connectivity index (χ1n) is 8.10. The fourth-order valence-corrected chi connectivity index (χ4v) is 3.62. The molecule has 0 radical (unpaired) electrons. The van der Waals surface area contributed by atoms with Crippen LogP contribution in [0.4, 0.5) is 5.69 Å². The predicted octanol–water partition coefficient (Wildman–Crippen LogP) is 2.92. The van der Waals surface area contributed by atoms with Crippen LogP contribution in [-0.4, -0.2) is 35.7 Å². The van der Waals surface area contributed by atoms with Crippen LogP contribution in [0.3, 0.4) is 0 Å². The number of hydrogen-bond acceptors (Lipinski definition) is 3. The van der Waals surface area contributed by atoms with Gasteiger partial charge in [-0.25, -0.2) is 0 Å². The SMILES string of the molecule is O=C1c2ccccc2C(=O)N1CC(=O)N1CCCc2cc(Cl)ccc21. The Labute approximate surface area is 149 Å². The number of benzene rings is 2. The number of anilines is 1. The molecule has 0 atom stereocenters. The Kier molecular flexibility index (Phi) is 3.81. The van der Waals surface area contributed by atoms with Crippen molar-refractivity contribution in [1.82, 2.24) is 4.90 Å². The highest BCUT2D eigenvalue weighted by Gasteiger charge is 2.37. The average molecular weight is 355 g/mol. The zero-order valence-corrected chi connectivity index (χ0v) is 14.1. The molecule has 0 saturated heterocycles. The van der Waals surface area contributed by atoms with Crippen molar-refractivity contribution in [2.24, 2.45) is 0 Å². The molecule has 2 heterocycles. The topological polar surface area (TPSA) is 57.7 Å². The molecule has 0 spiro atoms. The van der Waals surface area contributed by atoms with Crippen molar-refractivity contribution in [1.29, 1.82) is 0 Å². The van der Waals surface area contributed by atoms with E-state index in [-0.39, 0.29) is 12.5 Å². The largest absolute Gasteiger partial charge is 0.311 e. The first kappa shape index (κ1) is 15.8. The normalized spacial score (nSPS) is 16.0. The summed E-state index contributed by atoms with van der Waals surface area (Å²) in [5, 5.41) is 0.633. The third-order valence-electron chi connectivity index (χ3n) is 4.63. The first-order chi connectivity index (χ1) is 12.1. The van der Waals surface area contributed by atoms with E-state index >= 15 is 0 Å². The Balaban J connectivity index is 1.58. The maximum atomic E-state index is 12.8. The van der Waals surface area contributed by atoms with E-state index < -0.39 is 11.8 Å². The van der Waals surface area contributed by atoms with Crippen LogP contribution >= 0.6 is 11.6 Å². The summed E-state index contributed by atoms with van der Waals surface area (Å²) in [6.07, 6.45) is 1.67. The number of aryl methyl sites for hydroxylation is 1. The Morgan fingerprint density at radius 1 is 1.04 bits per heavy atom. The molecule has 3 amide bonds. The molecule has 0 fully saturated rings. The van der Waals surface area contributed by atoms with E-state index in [2.05, 4.69) is 0 Å². The molecule has 0 unspecified atom stereocenters. The zero-order valence-electron chi connectivity index (χ0n) is 13.4. The van der Waals surface area contributed by atoms with Crippen molar-refractivity contribution in [3.05, 3.63) is 64.2 Å². The molecule has 0 aliphatic carbocycles. The molecule has 25 heavy (non-hydrogen) atoms. The van der Waals surface area contributed by atoms with Crippen molar-refractivity contribution in [3.63, 3.8) is 0 Å². The zero-order chi connectivity index (χ0) is 17.6. The lowest BCUT2D eigenvalue weighted by atomic mass is 10.0. The third kappa shape index (κ3) is 2.61. The number of imide groups is 1. The van der Waals surface area contributed by atoms with Crippen LogP contribution in [0.25, 0.3) is 0 Å². The summed E-state index contributed by atoms with van der Waals surface area (Å²) in [7, 11) is 0. The van der Waals surface area contributed by atoms with Gasteiger partial charge >= 0.3 is 0 Å². The first-order valence-corrected chi connectivity index (χ1v) is 8.48. The van der Waals surface area contributed by atoms with Crippen LogP contribution in [0, 0.1) is 0 Å². The number of hydrogen-bond donors (Lipinski definition) is 0. The molecular weight excluding hydrogens is 340 g/mol. The highest BCUT2D eigenvalue weighted by atomic mass is 35.5. The van der Waals surface area contributed by atoms with Gasteiger partial charge in [-0.3, -0.25) is 19.3 Å². The van der Waals surface area contributed by atoms with Gasteiger partial charge < -0.3 is 4.90 Å². The number of amides is 3. The molecule has 0 aromatic heterocycles. The number of rotatable bonds is 2. The number of nitrogens with zero attached hydrogens (tertiary/aromatic N) is 2. The molecule has 0 N–H and O–H groups in total. The lowest BCUT2D eigenvalue weighted by Crippen LogP contribution is -2.44. The Morgan fingerprint density at radius 3 is 2.40 bits per heavy atom. The van der Waals surface area contributed by atoms with E-state index in [0.717, 1.165) is 29.0 Å². The summed E-state index contributed by atoms with van der Waals surface area (Å²) >= 11 is 6.03. The minimum absolute atomic E-state index is 0.256. The molecular formula is C19H15ClN2O3. The van der Waals surface area contributed by atoms with Crippen LogP contribution in [0.15, 0.2) is 42.5 Å². The van der Waals surface area contributed by atoms with E-state index in [1.807, 2.05) is 12.1 Å². The van der Waals surface area contributed by atoms with Crippen LogP contribution in [-0.2, 0) is 11.2 Å². The summed E-state index contributed by atoms with van der Waals surface area (Å²) in [5.41, 5.74) is 2.52. The van der Waals surface area contributed by atoms with Crippen LogP contribution < -0.4 is 4.90 Å². The van der Waals surface area contributed by atoms with Crippen molar-refractivity contribution in [2.75, 3.05) is 18.0 Å². The van der Waals surface area contributed by atoms with Crippen LogP contribution in [0.5, 0.6) is 0 Å². The fraction of sp³-hybridized carbons (Fsp3) is 0.211. The molecule has 0 bridgehead atoms. The van der Waals surface area contributed by atoms with Crippen molar-refractivity contribution < 1.29 is 14.4 Å². The number of fused-ring (bicyclic) bond motifs is 2. The van der Waals surface area contributed by atoms with Gasteiger partial charge in [0.05, 0.1) is 11.1 Å². The van der Waals surface area contributed by atoms with Gasteiger partial charge in [-0.1, -0.05) is 23.7 Å². The monoisotopic (exact) mass is 354 g/mol. The number of halogens is 1. The smallest absolute Gasteiger partial charge is 0.262 e. The summed E-state index contributed by atoms with van der Waals surface area (Å²) in [5.74, 6) is -1.10. The van der Waals surface area contributed by atoms with Crippen molar-refractivity contribution in [2.45, 2.75) is 12.8 Å². The highest BCUT2D eigenvalue weighted by Crippen LogP contribution is 2.30. The molecule has 126 valence electrons. The van der Waals surface area contributed by atoms with Crippen LogP contribution in [0.2, 0.25) is 5.02 Å². The maximum absolute atomic E-state index is 12.8. The van der Waals surface area contributed by atoms with E-state index in [0.29, 0.717) is 22.7 Å². The number of carbonyl (C=O) groups excluding carboxylic acids is 3. The predicted molar refractivity (Wildman–Crippen MR) is 93.9 cm³/mol. The molecule has 0 saturated carbocycles. The molecule has 6 heteroatoms. The minimum Gasteiger partial charge on any atom is -0.311 e. The number of carbonyl (C=O) groups is 3.